The minimum atomic E-state index is -0.264. The third-order valence-corrected chi connectivity index (χ3v) is 4.83. The zero-order valence-corrected chi connectivity index (χ0v) is 16.3. The summed E-state index contributed by atoms with van der Waals surface area (Å²) < 4.78 is 12.4. The lowest BCUT2D eigenvalue weighted by atomic mass is 10.1. The van der Waals surface area contributed by atoms with E-state index in [0.717, 1.165) is 17.8 Å². The van der Waals surface area contributed by atoms with Crippen molar-refractivity contribution in [3.05, 3.63) is 54.0 Å². The maximum Gasteiger partial charge on any atom is 0.252 e. The lowest BCUT2D eigenvalue weighted by Crippen LogP contribution is -2.30. The number of benzene rings is 1. The maximum absolute atomic E-state index is 12.9. The van der Waals surface area contributed by atoms with Crippen LogP contribution in [0.4, 0.5) is 0 Å². The number of amides is 1. The Morgan fingerprint density at radius 1 is 1.19 bits per heavy atom. The summed E-state index contributed by atoms with van der Waals surface area (Å²) in [6.07, 6.45) is 4.68. The van der Waals surface area contributed by atoms with E-state index < -0.39 is 0 Å². The van der Waals surface area contributed by atoms with Crippen molar-refractivity contribution in [1.82, 2.24) is 19.9 Å². The first-order chi connectivity index (χ1) is 13.2. The Bertz CT molecular complexity index is 906. The molecule has 0 radical (unpaired) electrons. The number of pyridine rings is 1. The van der Waals surface area contributed by atoms with Crippen molar-refractivity contribution >= 4 is 23.3 Å². The number of methoxy groups -OCH3 is 2. The first-order valence-electron chi connectivity index (χ1n) is 8.48. The molecule has 2 aromatic heterocycles. The Labute approximate surface area is 162 Å². The Morgan fingerprint density at radius 2 is 1.93 bits per heavy atom. The third-order valence-electron chi connectivity index (χ3n) is 4.18. The van der Waals surface area contributed by atoms with Gasteiger partial charge in [0.05, 0.1) is 20.3 Å². The Morgan fingerprint density at radius 3 is 2.59 bits per heavy atom. The van der Waals surface area contributed by atoms with Crippen LogP contribution in [0.1, 0.15) is 28.6 Å². The molecule has 0 aliphatic heterocycles. The van der Waals surface area contributed by atoms with Crippen molar-refractivity contribution in [2.24, 2.45) is 0 Å². The minimum Gasteiger partial charge on any atom is -0.497 e. The van der Waals surface area contributed by atoms with Gasteiger partial charge in [-0.25, -0.2) is 0 Å². The smallest absolute Gasteiger partial charge is 0.252 e. The second kappa shape index (κ2) is 8.77. The molecule has 2 heterocycles. The molecule has 0 fully saturated rings. The van der Waals surface area contributed by atoms with E-state index in [4.69, 9.17) is 9.47 Å². The van der Waals surface area contributed by atoms with Crippen LogP contribution in [0.25, 0.3) is 5.65 Å². The fourth-order valence-corrected chi connectivity index (χ4v) is 3.25. The summed E-state index contributed by atoms with van der Waals surface area (Å²) in [5, 5.41) is 11.6. The summed E-state index contributed by atoms with van der Waals surface area (Å²) >= 11 is 1.72. The Hall–Kier alpha value is -2.74. The van der Waals surface area contributed by atoms with E-state index in [-0.39, 0.29) is 11.9 Å². The molecule has 0 saturated carbocycles. The number of rotatable bonds is 8. The van der Waals surface area contributed by atoms with Gasteiger partial charge in [0.1, 0.15) is 11.5 Å². The standard InChI is InChI=1S/C19H22N4O3S/c1-25-14-10-13(11-15(12-14)26-2)19(24)20-16(7-9-27-3)18-22-21-17-6-4-5-8-23(17)18/h4-6,8,10-12,16H,7,9H2,1-3H3,(H,20,24)/t16-/m0/s1. The van der Waals surface area contributed by atoms with E-state index in [1.54, 1.807) is 44.2 Å². The van der Waals surface area contributed by atoms with Gasteiger partial charge in [-0.15, -0.1) is 10.2 Å². The van der Waals surface area contributed by atoms with E-state index in [9.17, 15) is 4.79 Å². The van der Waals surface area contributed by atoms with Crippen molar-refractivity contribution in [1.29, 1.82) is 0 Å². The molecule has 0 unspecified atom stereocenters. The van der Waals surface area contributed by atoms with Crippen LogP contribution in [-0.2, 0) is 0 Å². The number of fused-ring (bicyclic) bond motifs is 1. The molecule has 0 bridgehead atoms. The Kier molecular flexibility index (Phi) is 6.18. The Balaban J connectivity index is 1.89. The zero-order valence-electron chi connectivity index (χ0n) is 15.5. The molecule has 0 spiro atoms. The molecule has 1 atom stereocenters. The van der Waals surface area contributed by atoms with Crippen LogP contribution in [0.2, 0.25) is 0 Å². The minimum absolute atomic E-state index is 0.217. The van der Waals surface area contributed by atoms with Crippen LogP contribution in [0.3, 0.4) is 0 Å². The quantitative estimate of drug-likeness (QED) is 0.641. The number of nitrogens with zero attached hydrogens (tertiary/aromatic N) is 3. The lowest BCUT2D eigenvalue weighted by molar-refractivity contribution is 0.0933. The van der Waals surface area contributed by atoms with Crippen molar-refractivity contribution in [2.45, 2.75) is 12.5 Å². The molecule has 3 aromatic rings. The van der Waals surface area contributed by atoms with Gasteiger partial charge in [0, 0.05) is 17.8 Å². The van der Waals surface area contributed by atoms with Gasteiger partial charge < -0.3 is 14.8 Å². The molecular formula is C19H22N4O3S. The van der Waals surface area contributed by atoms with Crippen molar-refractivity contribution in [3.63, 3.8) is 0 Å². The molecule has 0 aliphatic carbocycles. The SMILES string of the molecule is COc1cc(OC)cc(C(=O)N[C@@H](CCSC)c2nnc3ccccn23)c1. The fourth-order valence-electron chi connectivity index (χ4n) is 2.78. The number of carbonyl (C=O) groups is 1. The largest absolute Gasteiger partial charge is 0.497 e. The average Bonchev–Trinajstić information content (AvgIpc) is 3.14. The van der Waals surface area contributed by atoms with E-state index in [1.807, 2.05) is 35.1 Å². The summed E-state index contributed by atoms with van der Waals surface area (Å²) in [5.74, 6) is 2.50. The van der Waals surface area contributed by atoms with Crippen LogP contribution >= 0.6 is 11.8 Å². The number of hydrogen-bond acceptors (Lipinski definition) is 6. The summed E-state index contributed by atoms with van der Waals surface area (Å²) in [5.41, 5.74) is 1.22. The number of nitrogens with one attached hydrogen (secondary N) is 1. The summed E-state index contributed by atoms with van der Waals surface area (Å²) in [6.45, 7) is 0. The second-order valence-corrected chi connectivity index (χ2v) is 6.88. The average molecular weight is 386 g/mol. The van der Waals surface area contributed by atoms with Gasteiger partial charge in [-0.2, -0.15) is 11.8 Å². The van der Waals surface area contributed by atoms with Crippen molar-refractivity contribution in [2.75, 3.05) is 26.2 Å². The highest BCUT2D eigenvalue weighted by atomic mass is 32.2. The molecule has 0 saturated heterocycles. The van der Waals surface area contributed by atoms with Gasteiger partial charge >= 0.3 is 0 Å². The number of aromatic nitrogens is 3. The molecule has 1 aromatic carbocycles. The maximum atomic E-state index is 12.9. The molecule has 8 heteroatoms. The first-order valence-corrected chi connectivity index (χ1v) is 9.88. The summed E-state index contributed by atoms with van der Waals surface area (Å²) in [7, 11) is 3.11. The molecular weight excluding hydrogens is 364 g/mol. The van der Waals surface area contributed by atoms with Gasteiger partial charge in [0.15, 0.2) is 11.5 Å². The van der Waals surface area contributed by atoms with E-state index in [1.165, 1.54) is 0 Å². The molecule has 27 heavy (non-hydrogen) atoms. The fraction of sp³-hybridized carbons (Fsp3) is 0.316. The van der Waals surface area contributed by atoms with Crippen LogP contribution in [-0.4, -0.2) is 46.7 Å². The molecule has 142 valence electrons. The summed E-state index contributed by atoms with van der Waals surface area (Å²) in [6, 6.07) is 10.5. The second-order valence-electron chi connectivity index (χ2n) is 5.90. The zero-order chi connectivity index (χ0) is 19.2. The molecule has 1 amide bonds. The summed E-state index contributed by atoms with van der Waals surface area (Å²) in [4.78, 5) is 12.9. The number of ether oxygens (including phenoxy) is 2. The monoisotopic (exact) mass is 386 g/mol. The topological polar surface area (TPSA) is 77.8 Å². The highest BCUT2D eigenvalue weighted by Gasteiger charge is 2.21. The van der Waals surface area contributed by atoms with Gasteiger partial charge in [0.2, 0.25) is 0 Å². The van der Waals surface area contributed by atoms with Gasteiger partial charge in [-0.3, -0.25) is 9.20 Å². The molecule has 0 aliphatic rings. The van der Waals surface area contributed by atoms with Crippen molar-refractivity contribution < 1.29 is 14.3 Å². The first kappa shape index (κ1) is 19.0. The predicted octanol–water partition coefficient (Wildman–Crippen LogP) is 2.97. The van der Waals surface area contributed by atoms with Gasteiger partial charge in [-0.05, 0) is 42.7 Å². The van der Waals surface area contributed by atoms with Crippen LogP contribution in [0.5, 0.6) is 11.5 Å². The number of carbonyl (C=O) groups excluding carboxylic acids is 1. The van der Waals surface area contributed by atoms with Crippen molar-refractivity contribution in [3.8, 4) is 11.5 Å². The highest BCUT2D eigenvalue weighted by Crippen LogP contribution is 2.24. The predicted molar refractivity (Wildman–Crippen MR) is 106 cm³/mol. The molecule has 1 N–H and O–H groups in total. The number of thioether (sulfide) groups is 1. The lowest BCUT2D eigenvalue weighted by Gasteiger charge is -2.17. The van der Waals surface area contributed by atoms with E-state index in [2.05, 4.69) is 15.5 Å². The normalized spacial score (nSPS) is 12.0. The van der Waals surface area contributed by atoms with Crippen LogP contribution in [0, 0.1) is 0 Å². The third kappa shape index (κ3) is 4.33. The van der Waals surface area contributed by atoms with E-state index in [0.29, 0.717) is 22.9 Å². The van der Waals surface area contributed by atoms with Crippen LogP contribution < -0.4 is 14.8 Å². The van der Waals surface area contributed by atoms with Gasteiger partial charge in [0.25, 0.3) is 5.91 Å². The van der Waals surface area contributed by atoms with Crippen LogP contribution in [0.15, 0.2) is 42.6 Å². The molecule has 7 nitrogen and oxygen atoms in total. The highest BCUT2D eigenvalue weighted by molar-refractivity contribution is 7.98. The van der Waals surface area contributed by atoms with E-state index >= 15 is 0 Å². The molecule has 3 rings (SSSR count). The van der Waals surface area contributed by atoms with Gasteiger partial charge in [-0.1, -0.05) is 6.07 Å². The number of hydrogen-bond donors (Lipinski definition) is 1.